The molecule has 0 aliphatic heterocycles. The zero-order valence-corrected chi connectivity index (χ0v) is 7.85. The first kappa shape index (κ1) is 15.7. The topological polar surface area (TPSA) is 0 Å². The standard InChI is InChI=1S/C4H9.Na.H2P/c1-3-4-2;;/h1,3-4H2,2H3;;1H2/q;+1;-1. The zero-order valence-electron chi connectivity index (χ0n) is 4.70. The van der Waals surface area contributed by atoms with Gasteiger partial charge in [0.05, 0.1) is 0 Å². The third kappa shape index (κ3) is 18.0. The molecule has 0 saturated heterocycles. The van der Waals surface area contributed by atoms with Crippen LogP contribution in [0.1, 0.15) is 19.8 Å². The first-order valence-corrected chi connectivity index (χ1v) is 1.71. The summed E-state index contributed by atoms with van der Waals surface area (Å²) in [4.78, 5) is 0. The molecule has 0 bridgehead atoms. The molecule has 0 aromatic rings. The van der Waals surface area contributed by atoms with Gasteiger partial charge in [0.2, 0.25) is 0 Å². The van der Waals surface area contributed by atoms with E-state index in [-0.39, 0.29) is 39.5 Å². The van der Waals surface area contributed by atoms with Crippen LogP contribution in [0.4, 0.5) is 0 Å². The largest absolute Gasteiger partial charge is 1.00 e. The van der Waals surface area contributed by atoms with E-state index in [9.17, 15) is 0 Å². The summed E-state index contributed by atoms with van der Waals surface area (Å²) in [7, 11) is 0. The van der Waals surface area contributed by atoms with Crippen molar-refractivity contribution in [1.29, 1.82) is 0 Å². The molecule has 33 valence electrons. The summed E-state index contributed by atoms with van der Waals surface area (Å²) in [5.74, 6) is 0. The van der Waals surface area contributed by atoms with Crippen LogP contribution >= 0.6 is 9.90 Å². The van der Waals surface area contributed by atoms with Gasteiger partial charge < -0.3 is 9.90 Å². The maximum atomic E-state index is 3.60. The number of hydrogen-bond donors (Lipinski definition) is 0. The molecule has 0 saturated carbocycles. The molecule has 0 rings (SSSR count). The third-order valence-electron chi connectivity index (χ3n) is 0.354. The van der Waals surface area contributed by atoms with E-state index in [2.05, 4.69) is 13.8 Å². The van der Waals surface area contributed by atoms with Crippen molar-refractivity contribution in [3.05, 3.63) is 6.92 Å². The first-order chi connectivity index (χ1) is 1.91. The molecule has 1 radical (unpaired) electrons. The van der Waals surface area contributed by atoms with Gasteiger partial charge in [0.25, 0.3) is 0 Å². The monoisotopic (exact) mass is 113 g/mol. The smallest absolute Gasteiger partial charge is 0.577 e. The Balaban J connectivity index is -0.0000000450. The minimum atomic E-state index is 0. The van der Waals surface area contributed by atoms with Gasteiger partial charge in [-0.1, -0.05) is 26.7 Å². The van der Waals surface area contributed by atoms with Gasteiger partial charge in [0.1, 0.15) is 0 Å². The summed E-state index contributed by atoms with van der Waals surface area (Å²) in [5, 5.41) is 0. The maximum absolute atomic E-state index is 3.60. The fourth-order valence-electron chi connectivity index (χ4n) is 0. The van der Waals surface area contributed by atoms with E-state index in [1.165, 1.54) is 6.42 Å². The Hall–Kier alpha value is 1.43. The average molecular weight is 113 g/mol. The van der Waals surface area contributed by atoms with E-state index in [1.807, 2.05) is 0 Å². The van der Waals surface area contributed by atoms with Crippen molar-refractivity contribution in [1.82, 2.24) is 0 Å². The second-order valence-electron chi connectivity index (χ2n) is 0.854. The fraction of sp³-hybridized carbons (Fsp3) is 0.750. The molecule has 0 atom stereocenters. The number of hydrogen-bond acceptors (Lipinski definition) is 0. The van der Waals surface area contributed by atoms with Crippen molar-refractivity contribution in [2.24, 2.45) is 0 Å². The van der Waals surface area contributed by atoms with E-state index in [0.717, 1.165) is 6.42 Å². The van der Waals surface area contributed by atoms with Crippen LogP contribution in [0, 0.1) is 6.92 Å². The summed E-state index contributed by atoms with van der Waals surface area (Å²) in [6.07, 6.45) is 2.28. The molecule has 0 aromatic carbocycles. The van der Waals surface area contributed by atoms with Crippen molar-refractivity contribution in [3.8, 4) is 0 Å². The molecule has 0 heterocycles. The maximum Gasteiger partial charge on any atom is 1.00 e. The Morgan fingerprint density at radius 1 is 1.50 bits per heavy atom. The molecule has 6 heavy (non-hydrogen) atoms. The van der Waals surface area contributed by atoms with Gasteiger partial charge in [-0.2, -0.15) is 0 Å². The molecular weight excluding hydrogens is 102 g/mol. The molecular formula is C4H11NaP. The van der Waals surface area contributed by atoms with Gasteiger partial charge in [-0.3, -0.25) is 0 Å². The molecule has 0 amide bonds. The van der Waals surface area contributed by atoms with Crippen LogP contribution in [0.3, 0.4) is 0 Å². The van der Waals surface area contributed by atoms with Crippen LogP contribution in [-0.4, -0.2) is 0 Å². The van der Waals surface area contributed by atoms with Crippen LogP contribution < -0.4 is 29.6 Å². The third-order valence-corrected chi connectivity index (χ3v) is 0.354. The fourth-order valence-corrected chi connectivity index (χ4v) is 0. The number of unbranched alkanes of at least 4 members (excludes halogenated alkanes) is 1. The van der Waals surface area contributed by atoms with Gasteiger partial charge >= 0.3 is 29.6 Å². The Kier molecular flexibility index (Phi) is 42.0. The molecule has 0 unspecified atom stereocenters. The number of rotatable bonds is 1. The van der Waals surface area contributed by atoms with E-state index >= 15 is 0 Å². The summed E-state index contributed by atoms with van der Waals surface area (Å²) in [5.41, 5.74) is 0. The van der Waals surface area contributed by atoms with Crippen molar-refractivity contribution >= 4 is 9.90 Å². The van der Waals surface area contributed by atoms with Crippen molar-refractivity contribution in [2.75, 3.05) is 0 Å². The van der Waals surface area contributed by atoms with Crippen molar-refractivity contribution in [3.63, 3.8) is 0 Å². The van der Waals surface area contributed by atoms with E-state index in [4.69, 9.17) is 0 Å². The molecule has 2 heteroatoms. The van der Waals surface area contributed by atoms with E-state index < -0.39 is 0 Å². The molecule has 0 nitrogen and oxygen atoms in total. The molecule has 0 spiro atoms. The SMILES string of the molecule is [CH2]CCC.[Na+].[PH2-]. The van der Waals surface area contributed by atoms with Gasteiger partial charge in [-0.25, -0.2) is 0 Å². The Labute approximate surface area is 66.0 Å². The van der Waals surface area contributed by atoms with Crippen LogP contribution in [0.2, 0.25) is 0 Å². The Bertz CT molecular complexity index is 9.51. The van der Waals surface area contributed by atoms with Gasteiger partial charge in [-0.15, -0.1) is 0 Å². The second-order valence-corrected chi connectivity index (χ2v) is 0.854. The van der Waals surface area contributed by atoms with Gasteiger partial charge in [-0.05, 0) is 0 Å². The first-order valence-electron chi connectivity index (χ1n) is 1.71. The quantitative estimate of drug-likeness (QED) is 0.300. The predicted molar refractivity (Wildman–Crippen MR) is 30.0 cm³/mol. The summed E-state index contributed by atoms with van der Waals surface area (Å²) in [6, 6.07) is 0. The van der Waals surface area contributed by atoms with Crippen LogP contribution in [0.5, 0.6) is 0 Å². The predicted octanol–water partition coefficient (Wildman–Crippen LogP) is -1.05. The van der Waals surface area contributed by atoms with Crippen molar-refractivity contribution < 1.29 is 29.6 Å². The molecule has 0 aromatic heterocycles. The normalized spacial score (nSPS) is 5.00. The van der Waals surface area contributed by atoms with E-state index in [0.29, 0.717) is 0 Å². The van der Waals surface area contributed by atoms with Crippen molar-refractivity contribution in [2.45, 2.75) is 19.8 Å². The van der Waals surface area contributed by atoms with Gasteiger partial charge in [0.15, 0.2) is 0 Å². The van der Waals surface area contributed by atoms with Crippen LogP contribution in [0.15, 0.2) is 0 Å². The van der Waals surface area contributed by atoms with Crippen LogP contribution in [-0.2, 0) is 0 Å². The molecule has 0 fully saturated rings. The summed E-state index contributed by atoms with van der Waals surface area (Å²) >= 11 is 0. The minimum Gasteiger partial charge on any atom is -0.577 e. The van der Waals surface area contributed by atoms with Crippen LogP contribution in [0.25, 0.3) is 0 Å². The average Bonchev–Trinajstić information content (AvgIpc) is 1.37. The minimum absolute atomic E-state index is 0. The Morgan fingerprint density at radius 3 is 1.67 bits per heavy atom. The van der Waals surface area contributed by atoms with E-state index in [1.54, 1.807) is 0 Å². The van der Waals surface area contributed by atoms with Gasteiger partial charge in [0, 0.05) is 0 Å². The zero-order chi connectivity index (χ0) is 3.41. The summed E-state index contributed by atoms with van der Waals surface area (Å²) < 4.78 is 0. The molecule has 0 N–H and O–H groups in total. The Morgan fingerprint density at radius 2 is 1.67 bits per heavy atom. The summed E-state index contributed by atoms with van der Waals surface area (Å²) in [6.45, 7) is 5.72. The second kappa shape index (κ2) is 16.1. The molecule has 0 aliphatic rings. The molecule has 0 aliphatic carbocycles.